The van der Waals surface area contributed by atoms with Crippen molar-refractivity contribution in [3.8, 4) is 5.75 Å². The van der Waals surface area contributed by atoms with Gasteiger partial charge in [-0.15, -0.1) is 0 Å². The molecule has 0 aliphatic heterocycles. The summed E-state index contributed by atoms with van der Waals surface area (Å²) < 4.78 is 10.9. The molecule has 1 heterocycles. The van der Waals surface area contributed by atoms with Crippen LogP contribution in [-0.2, 0) is 24.5 Å². The van der Waals surface area contributed by atoms with E-state index in [1.54, 1.807) is 4.68 Å². The molecule has 1 N–H and O–H groups in total. The Morgan fingerprint density at radius 1 is 1.03 bits per heavy atom. The number of amides is 1. The third-order valence-corrected chi connectivity index (χ3v) is 6.50. The third-order valence-electron chi connectivity index (χ3n) is 5.54. The first-order chi connectivity index (χ1) is 16.4. The Hall–Kier alpha value is -3.23. The average molecular weight is 537 g/mol. The number of ether oxygens (including phenoxy) is 1. The standard InChI is InChI=1S/C26H25BrN4O2S/c1-18-7-6-10-23(19(18)2)28-25(32)16-31-26(34)30(15-20-8-4-3-5-9-20)24(29-31)17-33-22-13-11-21(27)12-14-22/h3-14H,15-17H2,1-2H3,(H,28,32). The molecule has 0 spiro atoms. The largest absolute Gasteiger partial charge is 0.486 e. The topological polar surface area (TPSA) is 61.1 Å². The van der Waals surface area contributed by atoms with Crippen LogP contribution in [0.25, 0.3) is 0 Å². The van der Waals surface area contributed by atoms with Crippen molar-refractivity contribution in [1.29, 1.82) is 0 Å². The lowest BCUT2D eigenvalue weighted by atomic mass is 10.1. The summed E-state index contributed by atoms with van der Waals surface area (Å²) in [6.45, 7) is 4.78. The van der Waals surface area contributed by atoms with Gasteiger partial charge in [0.05, 0.1) is 6.54 Å². The summed E-state index contributed by atoms with van der Waals surface area (Å²) in [5, 5.41) is 7.62. The molecule has 174 valence electrons. The number of carbonyl (C=O) groups excluding carboxylic acids is 1. The van der Waals surface area contributed by atoms with Crippen molar-refractivity contribution in [2.75, 3.05) is 5.32 Å². The fourth-order valence-electron chi connectivity index (χ4n) is 3.51. The molecule has 0 bridgehead atoms. The number of hydrogen-bond acceptors (Lipinski definition) is 4. The highest BCUT2D eigenvalue weighted by Gasteiger charge is 2.15. The van der Waals surface area contributed by atoms with Crippen molar-refractivity contribution in [3.05, 3.63) is 105 Å². The maximum atomic E-state index is 12.8. The zero-order valence-electron chi connectivity index (χ0n) is 19.0. The van der Waals surface area contributed by atoms with E-state index in [-0.39, 0.29) is 19.1 Å². The minimum atomic E-state index is -0.186. The second-order valence-electron chi connectivity index (χ2n) is 7.97. The summed E-state index contributed by atoms with van der Waals surface area (Å²) in [6.07, 6.45) is 0. The first kappa shape index (κ1) is 23.9. The zero-order valence-corrected chi connectivity index (χ0v) is 21.4. The van der Waals surface area contributed by atoms with Gasteiger partial charge >= 0.3 is 0 Å². The number of halogens is 1. The lowest BCUT2D eigenvalue weighted by molar-refractivity contribution is -0.116. The molecule has 4 rings (SSSR count). The van der Waals surface area contributed by atoms with E-state index < -0.39 is 0 Å². The number of carbonyl (C=O) groups is 1. The van der Waals surface area contributed by atoms with Crippen LogP contribution in [0.2, 0.25) is 0 Å². The van der Waals surface area contributed by atoms with Crippen LogP contribution in [0.4, 0.5) is 5.69 Å². The average Bonchev–Trinajstić information content (AvgIpc) is 3.11. The molecule has 0 saturated heterocycles. The highest BCUT2D eigenvalue weighted by Crippen LogP contribution is 2.19. The minimum Gasteiger partial charge on any atom is -0.486 e. The van der Waals surface area contributed by atoms with E-state index in [0.717, 1.165) is 32.6 Å². The van der Waals surface area contributed by atoms with Crippen LogP contribution in [-0.4, -0.2) is 20.3 Å². The molecule has 6 nitrogen and oxygen atoms in total. The van der Waals surface area contributed by atoms with Crippen LogP contribution in [0.1, 0.15) is 22.5 Å². The minimum absolute atomic E-state index is 0.0132. The van der Waals surface area contributed by atoms with Crippen LogP contribution in [0, 0.1) is 18.6 Å². The fraction of sp³-hybridized carbons (Fsp3) is 0.192. The van der Waals surface area contributed by atoms with E-state index >= 15 is 0 Å². The second-order valence-corrected chi connectivity index (χ2v) is 9.25. The monoisotopic (exact) mass is 536 g/mol. The normalized spacial score (nSPS) is 10.8. The SMILES string of the molecule is Cc1cccc(NC(=O)Cn2nc(COc3ccc(Br)cc3)n(Cc3ccccc3)c2=S)c1C. The predicted octanol–water partition coefficient (Wildman–Crippen LogP) is 6.06. The van der Waals surface area contributed by atoms with Crippen LogP contribution < -0.4 is 10.1 Å². The Morgan fingerprint density at radius 2 is 1.76 bits per heavy atom. The number of benzene rings is 3. The van der Waals surface area contributed by atoms with Crippen molar-refractivity contribution >= 4 is 39.7 Å². The highest BCUT2D eigenvalue weighted by molar-refractivity contribution is 9.10. The Balaban J connectivity index is 1.57. The summed E-state index contributed by atoms with van der Waals surface area (Å²) in [7, 11) is 0. The molecule has 0 aliphatic carbocycles. The van der Waals surface area contributed by atoms with Crippen LogP contribution in [0.15, 0.2) is 77.3 Å². The van der Waals surface area contributed by atoms with Gasteiger partial charge in [-0.3, -0.25) is 9.36 Å². The van der Waals surface area contributed by atoms with Gasteiger partial charge in [-0.05, 0) is 73.1 Å². The molecule has 34 heavy (non-hydrogen) atoms. The maximum absolute atomic E-state index is 12.8. The van der Waals surface area contributed by atoms with E-state index in [1.165, 1.54) is 0 Å². The maximum Gasteiger partial charge on any atom is 0.246 e. The Labute approximate surface area is 212 Å². The number of hydrogen-bond donors (Lipinski definition) is 1. The summed E-state index contributed by atoms with van der Waals surface area (Å²) >= 11 is 9.14. The third kappa shape index (κ3) is 5.81. The number of aromatic nitrogens is 3. The van der Waals surface area contributed by atoms with Crippen LogP contribution >= 0.6 is 28.1 Å². The molecule has 4 aromatic rings. The smallest absolute Gasteiger partial charge is 0.246 e. The van der Waals surface area contributed by atoms with Gasteiger partial charge in [-0.25, -0.2) is 4.68 Å². The van der Waals surface area contributed by atoms with E-state index in [0.29, 0.717) is 17.1 Å². The number of anilines is 1. The number of nitrogens with one attached hydrogen (secondary N) is 1. The lowest BCUT2D eigenvalue weighted by Gasteiger charge is -2.10. The lowest BCUT2D eigenvalue weighted by Crippen LogP contribution is -2.20. The Morgan fingerprint density at radius 3 is 2.50 bits per heavy atom. The molecule has 0 aliphatic rings. The molecule has 1 amide bonds. The summed E-state index contributed by atoms with van der Waals surface area (Å²) in [6, 6.07) is 23.5. The van der Waals surface area contributed by atoms with Crippen LogP contribution in [0.5, 0.6) is 5.75 Å². The Bertz CT molecular complexity index is 1350. The molecule has 1 aromatic heterocycles. The van der Waals surface area contributed by atoms with Gasteiger partial charge < -0.3 is 10.1 Å². The van der Waals surface area contributed by atoms with E-state index in [1.807, 2.05) is 91.2 Å². The van der Waals surface area contributed by atoms with Gasteiger partial charge in [0.25, 0.3) is 0 Å². The molecule has 0 unspecified atom stereocenters. The number of nitrogens with zero attached hydrogens (tertiary/aromatic N) is 3. The molecule has 0 radical (unpaired) electrons. The summed E-state index contributed by atoms with van der Waals surface area (Å²) in [5.41, 5.74) is 4.04. The van der Waals surface area contributed by atoms with Crippen molar-refractivity contribution in [2.24, 2.45) is 0 Å². The van der Waals surface area contributed by atoms with Gasteiger partial charge in [0.15, 0.2) is 10.6 Å². The molecule has 3 aromatic carbocycles. The van der Waals surface area contributed by atoms with Gasteiger partial charge in [-0.2, -0.15) is 5.10 Å². The number of rotatable bonds is 8. The van der Waals surface area contributed by atoms with Crippen molar-refractivity contribution in [3.63, 3.8) is 0 Å². The first-order valence-electron chi connectivity index (χ1n) is 10.9. The summed E-state index contributed by atoms with van der Waals surface area (Å²) in [5.74, 6) is 1.19. The van der Waals surface area contributed by atoms with Gasteiger partial charge in [-0.1, -0.05) is 58.4 Å². The molecular weight excluding hydrogens is 512 g/mol. The van der Waals surface area contributed by atoms with Gasteiger partial charge in [0.1, 0.15) is 18.9 Å². The summed E-state index contributed by atoms with van der Waals surface area (Å²) in [4.78, 5) is 12.8. The fourth-order valence-corrected chi connectivity index (χ4v) is 4.05. The molecule has 8 heteroatoms. The van der Waals surface area contributed by atoms with Crippen molar-refractivity contribution in [1.82, 2.24) is 14.3 Å². The Kier molecular flexibility index (Phi) is 7.59. The predicted molar refractivity (Wildman–Crippen MR) is 140 cm³/mol. The molecule has 0 fully saturated rings. The second kappa shape index (κ2) is 10.8. The molecular formula is C26H25BrN4O2S. The van der Waals surface area contributed by atoms with E-state index in [9.17, 15) is 4.79 Å². The van der Waals surface area contributed by atoms with E-state index in [2.05, 4.69) is 26.3 Å². The molecule has 0 saturated carbocycles. The van der Waals surface area contributed by atoms with Crippen molar-refractivity contribution in [2.45, 2.75) is 33.5 Å². The molecule has 0 atom stereocenters. The highest BCUT2D eigenvalue weighted by atomic mass is 79.9. The van der Waals surface area contributed by atoms with Gasteiger partial charge in [0, 0.05) is 10.2 Å². The van der Waals surface area contributed by atoms with Gasteiger partial charge in [0.2, 0.25) is 5.91 Å². The van der Waals surface area contributed by atoms with Crippen molar-refractivity contribution < 1.29 is 9.53 Å². The number of aryl methyl sites for hydroxylation is 1. The van der Waals surface area contributed by atoms with Crippen LogP contribution in [0.3, 0.4) is 0 Å². The first-order valence-corrected chi connectivity index (χ1v) is 12.1. The quantitative estimate of drug-likeness (QED) is 0.278. The van der Waals surface area contributed by atoms with E-state index in [4.69, 9.17) is 17.0 Å². The zero-order chi connectivity index (χ0) is 24.1.